The van der Waals surface area contributed by atoms with Crippen molar-refractivity contribution in [1.82, 2.24) is 4.90 Å². The van der Waals surface area contributed by atoms with Crippen molar-refractivity contribution in [2.45, 2.75) is 25.6 Å². The molecule has 0 atom stereocenters. The van der Waals surface area contributed by atoms with Crippen molar-refractivity contribution in [2.75, 3.05) is 18.7 Å². The summed E-state index contributed by atoms with van der Waals surface area (Å²) in [5.41, 5.74) is -1.89. The first-order valence-electron chi connectivity index (χ1n) is 6.14. The molecular formula is C13H14ClF3N2O2. The molecular weight excluding hydrogens is 309 g/mol. The number of ether oxygens (including phenoxy) is 1. The van der Waals surface area contributed by atoms with E-state index in [0.29, 0.717) is 6.61 Å². The number of alkyl halides is 3. The predicted molar refractivity (Wildman–Crippen MR) is 72.2 cm³/mol. The first-order chi connectivity index (χ1) is 9.61. The van der Waals surface area contributed by atoms with E-state index in [1.54, 1.807) is 13.8 Å². The average molecular weight is 323 g/mol. The van der Waals surface area contributed by atoms with Crippen LogP contribution in [0, 0.1) is 0 Å². The summed E-state index contributed by atoms with van der Waals surface area (Å²) in [6.07, 6.45) is -4.61. The van der Waals surface area contributed by atoms with Gasteiger partial charge in [0.2, 0.25) is 0 Å². The van der Waals surface area contributed by atoms with Gasteiger partial charge in [-0.05, 0) is 32.0 Å². The number of rotatable bonds is 1. The summed E-state index contributed by atoms with van der Waals surface area (Å²) in [4.78, 5) is 13.5. The summed E-state index contributed by atoms with van der Waals surface area (Å²) in [6.45, 7) is 3.90. The lowest BCUT2D eigenvalue weighted by atomic mass is 10.1. The molecule has 0 aliphatic carbocycles. The van der Waals surface area contributed by atoms with Gasteiger partial charge in [-0.1, -0.05) is 11.6 Å². The number of nitrogens with zero attached hydrogens (tertiary/aromatic N) is 1. The largest absolute Gasteiger partial charge is 0.418 e. The smallest absolute Gasteiger partial charge is 0.359 e. The van der Waals surface area contributed by atoms with E-state index in [9.17, 15) is 18.0 Å². The maximum Gasteiger partial charge on any atom is 0.418 e. The molecule has 21 heavy (non-hydrogen) atoms. The molecule has 0 unspecified atom stereocenters. The molecule has 1 aliphatic rings. The molecule has 8 heteroatoms. The minimum Gasteiger partial charge on any atom is -0.359 e. The van der Waals surface area contributed by atoms with Crippen molar-refractivity contribution in [3.8, 4) is 0 Å². The third kappa shape index (κ3) is 3.41. The van der Waals surface area contributed by atoms with Gasteiger partial charge in [0.1, 0.15) is 6.73 Å². The zero-order chi connectivity index (χ0) is 15.8. The fourth-order valence-corrected chi connectivity index (χ4v) is 2.19. The highest BCUT2D eigenvalue weighted by molar-refractivity contribution is 6.30. The van der Waals surface area contributed by atoms with Crippen LogP contribution < -0.4 is 5.32 Å². The average Bonchev–Trinajstić information content (AvgIpc) is 2.70. The summed E-state index contributed by atoms with van der Waals surface area (Å²) in [6, 6.07) is 2.55. The van der Waals surface area contributed by atoms with Gasteiger partial charge >= 0.3 is 12.2 Å². The van der Waals surface area contributed by atoms with Gasteiger partial charge in [-0.3, -0.25) is 4.90 Å². The first-order valence-corrected chi connectivity index (χ1v) is 6.52. The highest BCUT2D eigenvalue weighted by Crippen LogP contribution is 2.37. The minimum atomic E-state index is -4.61. The second-order valence-electron chi connectivity index (χ2n) is 5.34. The fourth-order valence-electron chi connectivity index (χ4n) is 2.02. The highest BCUT2D eigenvalue weighted by Gasteiger charge is 2.38. The van der Waals surface area contributed by atoms with Crippen LogP contribution in [-0.4, -0.2) is 29.8 Å². The van der Waals surface area contributed by atoms with Crippen LogP contribution in [0.3, 0.4) is 0 Å². The van der Waals surface area contributed by atoms with Gasteiger partial charge in [0, 0.05) is 5.02 Å². The summed E-state index contributed by atoms with van der Waals surface area (Å²) in [5, 5.41) is 2.22. The molecule has 4 nitrogen and oxygen atoms in total. The Hall–Kier alpha value is -1.47. The Bertz CT molecular complexity index is 561. The zero-order valence-corrected chi connectivity index (χ0v) is 12.2. The molecule has 1 N–H and O–H groups in total. The molecule has 1 aliphatic heterocycles. The molecule has 0 spiro atoms. The van der Waals surface area contributed by atoms with Gasteiger partial charge in [-0.25, -0.2) is 4.79 Å². The van der Waals surface area contributed by atoms with Gasteiger partial charge in [-0.2, -0.15) is 13.2 Å². The van der Waals surface area contributed by atoms with E-state index >= 15 is 0 Å². The van der Waals surface area contributed by atoms with Gasteiger partial charge in [0.15, 0.2) is 0 Å². The molecule has 0 radical (unpaired) electrons. The third-order valence-electron chi connectivity index (χ3n) is 3.18. The van der Waals surface area contributed by atoms with Crippen LogP contribution in [-0.2, 0) is 10.9 Å². The maximum atomic E-state index is 13.0. The van der Waals surface area contributed by atoms with E-state index in [2.05, 4.69) is 5.32 Å². The van der Waals surface area contributed by atoms with Crippen LogP contribution in [0.15, 0.2) is 18.2 Å². The second kappa shape index (κ2) is 5.38. The molecule has 1 heterocycles. The molecule has 1 saturated heterocycles. The molecule has 0 aromatic heterocycles. The van der Waals surface area contributed by atoms with Gasteiger partial charge in [0.25, 0.3) is 0 Å². The Morgan fingerprint density at radius 3 is 2.62 bits per heavy atom. The summed E-state index contributed by atoms with van der Waals surface area (Å²) in [5.74, 6) is 0. The van der Waals surface area contributed by atoms with E-state index in [4.69, 9.17) is 16.3 Å². The number of urea groups is 1. The van der Waals surface area contributed by atoms with Crippen LogP contribution in [0.25, 0.3) is 0 Å². The van der Waals surface area contributed by atoms with Gasteiger partial charge < -0.3 is 10.1 Å². The monoisotopic (exact) mass is 322 g/mol. The van der Waals surface area contributed by atoms with Crippen LogP contribution >= 0.6 is 11.6 Å². The summed E-state index contributed by atoms with van der Waals surface area (Å²) < 4.78 is 44.0. The Labute approximate surface area is 124 Å². The Morgan fingerprint density at radius 1 is 1.43 bits per heavy atom. The number of halogens is 4. The molecule has 116 valence electrons. The number of carbonyl (C=O) groups excluding carboxylic acids is 1. The number of anilines is 1. The summed E-state index contributed by atoms with van der Waals surface area (Å²) in [7, 11) is 0. The van der Waals surface area contributed by atoms with E-state index in [0.717, 1.165) is 12.1 Å². The topological polar surface area (TPSA) is 41.6 Å². The van der Waals surface area contributed by atoms with Crippen molar-refractivity contribution in [3.05, 3.63) is 28.8 Å². The Kier molecular flexibility index (Phi) is 4.08. The SMILES string of the molecule is CC1(C)COCN1C(=O)Nc1ccc(Cl)cc1C(F)(F)F. The van der Waals surface area contributed by atoms with Crippen LogP contribution in [0.4, 0.5) is 23.7 Å². The number of hydrogen-bond donors (Lipinski definition) is 1. The van der Waals surface area contributed by atoms with Crippen LogP contribution in [0.2, 0.25) is 5.02 Å². The maximum absolute atomic E-state index is 13.0. The number of carbonyl (C=O) groups is 1. The summed E-state index contributed by atoms with van der Waals surface area (Å²) >= 11 is 5.59. The fraction of sp³-hybridized carbons (Fsp3) is 0.462. The molecule has 1 fully saturated rings. The third-order valence-corrected chi connectivity index (χ3v) is 3.42. The van der Waals surface area contributed by atoms with E-state index in [-0.39, 0.29) is 17.4 Å². The molecule has 0 saturated carbocycles. The number of benzene rings is 1. The lowest BCUT2D eigenvalue weighted by Crippen LogP contribution is -2.46. The van der Waals surface area contributed by atoms with Gasteiger partial charge in [0.05, 0.1) is 23.4 Å². The lowest BCUT2D eigenvalue weighted by Gasteiger charge is -2.29. The Morgan fingerprint density at radius 2 is 2.10 bits per heavy atom. The van der Waals surface area contributed by atoms with Crippen molar-refractivity contribution < 1.29 is 22.7 Å². The quantitative estimate of drug-likeness (QED) is 0.850. The minimum absolute atomic E-state index is 0.0355. The standard InChI is InChI=1S/C13H14ClF3N2O2/c1-12(2)6-21-7-19(12)11(20)18-10-4-3-8(14)5-9(10)13(15,16)17/h3-5H,6-7H2,1-2H3,(H,18,20). The van der Waals surface area contributed by atoms with Crippen molar-refractivity contribution in [1.29, 1.82) is 0 Å². The first kappa shape index (κ1) is 15.9. The predicted octanol–water partition coefficient (Wildman–Crippen LogP) is 3.96. The molecule has 1 aromatic rings. The lowest BCUT2D eigenvalue weighted by molar-refractivity contribution is -0.136. The van der Waals surface area contributed by atoms with Crippen molar-refractivity contribution in [2.24, 2.45) is 0 Å². The zero-order valence-electron chi connectivity index (χ0n) is 11.4. The van der Waals surface area contributed by atoms with E-state index in [1.165, 1.54) is 11.0 Å². The van der Waals surface area contributed by atoms with Crippen LogP contribution in [0.5, 0.6) is 0 Å². The van der Waals surface area contributed by atoms with Gasteiger partial charge in [-0.15, -0.1) is 0 Å². The molecule has 2 rings (SSSR count). The Balaban J connectivity index is 2.26. The van der Waals surface area contributed by atoms with Crippen molar-refractivity contribution >= 4 is 23.3 Å². The number of nitrogens with one attached hydrogen (secondary N) is 1. The van der Waals surface area contributed by atoms with E-state index in [1.807, 2.05) is 0 Å². The van der Waals surface area contributed by atoms with Crippen LogP contribution in [0.1, 0.15) is 19.4 Å². The molecule has 0 bridgehead atoms. The highest BCUT2D eigenvalue weighted by atomic mass is 35.5. The normalized spacial score (nSPS) is 17.9. The number of hydrogen-bond acceptors (Lipinski definition) is 2. The van der Waals surface area contributed by atoms with Crippen molar-refractivity contribution in [3.63, 3.8) is 0 Å². The molecule has 1 aromatic carbocycles. The number of amides is 2. The second-order valence-corrected chi connectivity index (χ2v) is 5.77. The van der Waals surface area contributed by atoms with E-state index < -0.39 is 23.3 Å². The molecule has 2 amide bonds.